The summed E-state index contributed by atoms with van der Waals surface area (Å²) >= 11 is 5.58. The van der Waals surface area contributed by atoms with E-state index < -0.39 is 0 Å². The number of hydrogen-bond acceptors (Lipinski definition) is 7. The van der Waals surface area contributed by atoms with Crippen molar-refractivity contribution in [1.29, 1.82) is 0 Å². The van der Waals surface area contributed by atoms with Gasteiger partial charge in [0.25, 0.3) is 0 Å². The quantitative estimate of drug-likeness (QED) is 0.631. The summed E-state index contributed by atoms with van der Waals surface area (Å²) in [6.45, 7) is 0.205. The van der Waals surface area contributed by atoms with Crippen molar-refractivity contribution >= 4 is 23.5 Å². The number of nitrogens with two attached hydrogens (primary N) is 1. The standard InChI is InChI=1S/C7H12ClN5O2/c1-15-3-4(2-14)10-7-12-5(8)11-6(9)13-7/h4,14H,2-3H2,1H3,(H3,9,10,11,12,13). The molecule has 0 bridgehead atoms. The predicted molar refractivity (Wildman–Crippen MR) is 55.6 cm³/mol. The van der Waals surface area contributed by atoms with Gasteiger partial charge in [0.05, 0.1) is 19.3 Å². The lowest BCUT2D eigenvalue weighted by Gasteiger charge is -2.14. The van der Waals surface area contributed by atoms with Gasteiger partial charge in [-0.15, -0.1) is 0 Å². The molecule has 15 heavy (non-hydrogen) atoms. The lowest BCUT2D eigenvalue weighted by molar-refractivity contribution is 0.153. The molecule has 1 aromatic heterocycles. The maximum Gasteiger partial charge on any atom is 0.229 e. The number of aliphatic hydroxyl groups excluding tert-OH is 1. The molecule has 0 aliphatic heterocycles. The van der Waals surface area contributed by atoms with E-state index in [1.54, 1.807) is 0 Å². The third-order valence-electron chi connectivity index (χ3n) is 1.55. The fourth-order valence-corrected chi connectivity index (χ4v) is 1.12. The van der Waals surface area contributed by atoms with E-state index in [-0.39, 0.29) is 29.8 Å². The van der Waals surface area contributed by atoms with Gasteiger partial charge in [-0.2, -0.15) is 15.0 Å². The number of rotatable bonds is 5. The highest BCUT2D eigenvalue weighted by atomic mass is 35.5. The van der Waals surface area contributed by atoms with Crippen LogP contribution in [0.25, 0.3) is 0 Å². The fraction of sp³-hybridized carbons (Fsp3) is 0.571. The van der Waals surface area contributed by atoms with Crippen molar-refractivity contribution in [2.45, 2.75) is 6.04 Å². The lowest BCUT2D eigenvalue weighted by atomic mass is 10.3. The van der Waals surface area contributed by atoms with Crippen LogP contribution >= 0.6 is 11.6 Å². The highest BCUT2D eigenvalue weighted by Gasteiger charge is 2.09. The van der Waals surface area contributed by atoms with Gasteiger partial charge in [0.15, 0.2) is 0 Å². The van der Waals surface area contributed by atoms with Gasteiger partial charge in [-0.3, -0.25) is 0 Å². The van der Waals surface area contributed by atoms with Gasteiger partial charge in [-0.1, -0.05) is 0 Å². The van der Waals surface area contributed by atoms with Crippen molar-refractivity contribution < 1.29 is 9.84 Å². The van der Waals surface area contributed by atoms with Crippen molar-refractivity contribution in [2.75, 3.05) is 31.4 Å². The average Bonchev–Trinajstić information content (AvgIpc) is 2.15. The zero-order valence-electron chi connectivity index (χ0n) is 8.14. The molecule has 0 aromatic carbocycles. The second kappa shape index (κ2) is 5.64. The molecular weight excluding hydrogens is 222 g/mol. The van der Waals surface area contributed by atoms with Crippen molar-refractivity contribution in [3.05, 3.63) is 5.28 Å². The molecule has 1 unspecified atom stereocenters. The summed E-state index contributed by atoms with van der Waals surface area (Å²) in [6, 6.07) is -0.312. The number of nitrogens with zero attached hydrogens (tertiary/aromatic N) is 3. The molecule has 7 nitrogen and oxygen atoms in total. The molecule has 8 heteroatoms. The van der Waals surface area contributed by atoms with Crippen LogP contribution in [0.15, 0.2) is 0 Å². The van der Waals surface area contributed by atoms with Crippen LogP contribution in [-0.2, 0) is 4.74 Å². The van der Waals surface area contributed by atoms with Crippen LogP contribution in [0.1, 0.15) is 0 Å². The van der Waals surface area contributed by atoms with E-state index >= 15 is 0 Å². The zero-order chi connectivity index (χ0) is 11.3. The Bertz CT molecular complexity index is 304. The summed E-state index contributed by atoms with van der Waals surface area (Å²) in [5.74, 6) is 0.232. The molecule has 0 aliphatic carbocycles. The van der Waals surface area contributed by atoms with Gasteiger partial charge >= 0.3 is 0 Å². The van der Waals surface area contributed by atoms with Crippen molar-refractivity contribution in [1.82, 2.24) is 15.0 Å². The van der Waals surface area contributed by atoms with Gasteiger partial charge in [0.2, 0.25) is 17.2 Å². The fourth-order valence-electron chi connectivity index (χ4n) is 0.954. The van der Waals surface area contributed by atoms with Crippen LogP contribution in [0.2, 0.25) is 5.28 Å². The first kappa shape index (κ1) is 11.9. The van der Waals surface area contributed by atoms with Crippen LogP contribution < -0.4 is 11.1 Å². The van der Waals surface area contributed by atoms with Crippen LogP contribution in [-0.4, -0.2) is 46.4 Å². The molecule has 1 rings (SSSR count). The Kier molecular flexibility index (Phi) is 4.47. The predicted octanol–water partition coefficient (Wildman–Crippen LogP) is -0.474. The molecule has 0 radical (unpaired) electrons. The molecule has 0 fully saturated rings. The van der Waals surface area contributed by atoms with E-state index in [0.717, 1.165) is 0 Å². The highest BCUT2D eigenvalue weighted by molar-refractivity contribution is 6.28. The minimum absolute atomic E-state index is 0.000827. The number of nitrogen functional groups attached to an aromatic ring is 1. The van der Waals surface area contributed by atoms with Crippen LogP contribution in [0.4, 0.5) is 11.9 Å². The highest BCUT2D eigenvalue weighted by Crippen LogP contribution is 2.07. The van der Waals surface area contributed by atoms with Gasteiger partial charge in [0.1, 0.15) is 0 Å². The average molecular weight is 234 g/mol. The number of anilines is 2. The number of halogens is 1. The number of ether oxygens (including phenoxy) is 1. The third-order valence-corrected chi connectivity index (χ3v) is 1.72. The van der Waals surface area contributed by atoms with Crippen LogP contribution in [0.5, 0.6) is 0 Å². The second-order valence-electron chi connectivity index (χ2n) is 2.77. The minimum Gasteiger partial charge on any atom is -0.394 e. The molecule has 0 aliphatic rings. The van der Waals surface area contributed by atoms with E-state index in [1.807, 2.05) is 0 Å². The minimum atomic E-state index is -0.312. The first-order valence-corrected chi connectivity index (χ1v) is 4.57. The van der Waals surface area contributed by atoms with E-state index in [4.69, 9.17) is 27.2 Å². The lowest BCUT2D eigenvalue weighted by Crippen LogP contribution is -2.29. The summed E-state index contributed by atoms with van der Waals surface area (Å²) in [6.07, 6.45) is 0. The van der Waals surface area contributed by atoms with Gasteiger partial charge in [0, 0.05) is 7.11 Å². The van der Waals surface area contributed by atoms with E-state index in [9.17, 15) is 0 Å². The SMILES string of the molecule is COCC(CO)Nc1nc(N)nc(Cl)n1. The number of aliphatic hydroxyl groups is 1. The summed E-state index contributed by atoms with van der Waals surface area (Å²) < 4.78 is 4.87. The Morgan fingerprint density at radius 1 is 1.53 bits per heavy atom. The molecule has 0 saturated heterocycles. The monoisotopic (exact) mass is 233 g/mol. The number of hydrogen-bond donors (Lipinski definition) is 3. The van der Waals surface area contributed by atoms with E-state index in [0.29, 0.717) is 6.61 Å². The van der Waals surface area contributed by atoms with Crippen molar-refractivity contribution in [3.63, 3.8) is 0 Å². The molecule has 84 valence electrons. The van der Waals surface area contributed by atoms with Gasteiger partial charge in [-0.25, -0.2) is 0 Å². The molecule has 0 saturated carbocycles. The maximum atomic E-state index is 8.98. The first-order valence-electron chi connectivity index (χ1n) is 4.19. The molecular formula is C7H12ClN5O2. The molecule has 0 amide bonds. The first-order chi connectivity index (χ1) is 7.15. The summed E-state index contributed by atoms with van der Waals surface area (Å²) in [7, 11) is 1.53. The number of nitrogens with one attached hydrogen (secondary N) is 1. The largest absolute Gasteiger partial charge is 0.394 e. The van der Waals surface area contributed by atoms with Crippen molar-refractivity contribution in [2.24, 2.45) is 0 Å². The molecule has 1 atom stereocenters. The summed E-state index contributed by atoms with van der Waals surface area (Å²) in [4.78, 5) is 11.2. The van der Waals surface area contributed by atoms with Crippen LogP contribution in [0.3, 0.4) is 0 Å². The zero-order valence-corrected chi connectivity index (χ0v) is 8.90. The second-order valence-corrected chi connectivity index (χ2v) is 3.10. The normalized spacial score (nSPS) is 12.5. The topological polar surface area (TPSA) is 106 Å². The van der Waals surface area contributed by atoms with E-state index in [2.05, 4.69) is 20.3 Å². The Balaban J connectivity index is 2.69. The summed E-state index contributed by atoms with van der Waals surface area (Å²) in [5.41, 5.74) is 5.37. The third kappa shape index (κ3) is 3.82. The molecule has 1 aromatic rings. The Hall–Kier alpha value is -1.18. The molecule has 4 N–H and O–H groups in total. The number of aromatic nitrogens is 3. The number of methoxy groups -OCH3 is 1. The Labute approximate surface area is 91.7 Å². The maximum absolute atomic E-state index is 8.98. The van der Waals surface area contributed by atoms with E-state index in [1.165, 1.54) is 7.11 Å². The molecule has 0 spiro atoms. The van der Waals surface area contributed by atoms with Crippen molar-refractivity contribution in [3.8, 4) is 0 Å². The summed E-state index contributed by atoms with van der Waals surface area (Å²) in [5, 5.41) is 11.8. The Morgan fingerprint density at radius 3 is 2.80 bits per heavy atom. The van der Waals surface area contributed by atoms with Crippen LogP contribution in [0, 0.1) is 0 Å². The van der Waals surface area contributed by atoms with Gasteiger partial charge in [-0.05, 0) is 11.6 Å². The molecule has 1 heterocycles. The smallest absolute Gasteiger partial charge is 0.229 e. The van der Waals surface area contributed by atoms with Gasteiger partial charge < -0.3 is 20.9 Å². The Morgan fingerprint density at radius 2 is 2.27 bits per heavy atom.